The first kappa shape index (κ1) is 43.7. The van der Waals surface area contributed by atoms with Crippen LogP contribution in [0.1, 0.15) is 95.6 Å². The van der Waals surface area contributed by atoms with Gasteiger partial charge in [0.1, 0.15) is 29.3 Å². The van der Waals surface area contributed by atoms with Crippen LogP contribution in [0, 0.1) is 5.92 Å². The Labute approximate surface area is 373 Å². The lowest BCUT2D eigenvalue weighted by atomic mass is 9.98. The molecule has 2 aliphatic rings. The number of alkyl carbamates (subject to hydrolysis) is 2. The van der Waals surface area contributed by atoms with E-state index < -0.39 is 29.9 Å². The van der Waals surface area contributed by atoms with Crippen molar-refractivity contribution in [3.05, 3.63) is 121 Å². The number of nitrogens with zero attached hydrogens (tertiary/aromatic N) is 4. The lowest BCUT2D eigenvalue weighted by Gasteiger charge is -2.30. The third-order valence-electron chi connectivity index (χ3n) is 12.0. The van der Waals surface area contributed by atoms with Crippen LogP contribution < -0.4 is 10.6 Å². The number of ether oxygens (including phenoxy) is 2. The summed E-state index contributed by atoms with van der Waals surface area (Å²) < 4.78 is 10.3. The van der Waals surface area contributed by atoms with Crippen molar-refractivity contribution in [3.63, 3.8) is 0 Å². The average Bonchev–Trinajstić information content (AvgIpc) is 4.13. The molecule has 14 heteroatoms. The van der Waals surface area contributed by atoms with Gasteiger partial charge in [0.05, 0.1) is 43.0 Å². The summed E-state index contributed by atoms with van der Waals surface area (Å²) in [7, 11) is 1.29. The van der Waals surface area contributed by atoms with Crippen molar-refractivity contribution < 1.29 is 28.7 Å². The zero-order valence-electron chi connectivity index (χ0n) is 37.2. The van der Waals surface area contributed by atoms with E-state index in [1.54, 1.807) is 25.7 Å². The number of hydrogen-bond donors (Lipinski definition) is 4. The minimum Gasteiger partial charge on any atom is -0.453 e. The molecule has 0 bridgehead atoms. The van der Waals surface area contributed by atoms with E-state index in [1.165, 1.54) is 7.11 Å². The number of methoxy groups -OCH3 is 1. The minimum absolute atomic E-state index is 0.109. The van der Waals surface area contributed by atoms with Crippen molar-refractivity contribution in [1.29, 1.82) is 0 Å². The molecule has 2 aliphatic heterocycles. The Hall–Kier alpha value is -6.96. The van der Waals surface area contributed by atoms with Gasteiger partial charge in [-0.2, -0.15) is 0 Å². The van der Waals surface area contributed by atoms with Crippen LogP contribution in [0.4, 0.5) is 9.59 Å². The van der Waals surface area contributed by atoms with Gasteiger partial charge in [0.2, 0.25) is 5.91 Å². The maximum atomic E-state index is 14.2. The molecule has 4 atom stereocenters. The van der Waals surface area contributed by atoms with Crippen molar-refractivity contribution in [2.75, 3.05) is 20.2 Å². The van der Waals surface area contributed by atoms with Crippen LogP contribution >= 0.6 is 0 Å². The Balaban J connectivity index is 0.938. The second-order valence-electron chi connectivity index (χ2n) is 17.9. The number of nitrogens with one attached hydrogen (secondary N) is 4. The monoisotopic (exact) mass is 864 g/mol. The van der Waals surface area contributed by atoms with E-state index in [0.717, 1.165) is 75.9 Å². The van der Waals surface area contributed by atoms with E-state index in [-0.39, 0.29) is 29.8 Å². The van der Waals surface area contributed by atoms with Crippen LogP contribution in [0.2, 0.25) is 0 Å². The van der Waals surface area contributed by atoms with Crippen molar-refractivity contribution in [2.24, 2.45) is 5.92 Å². The summed E-state index contributed by atoms with van der Waals surface area (Å²) in [6.45, 7) is 10.3. The summed E-state index contributed by atoms with van der Waals surface area (Å²) in [6.07, 6.45) is 5.54. The van der Waals surface area contributed by atoms with Gasteiger partial charge in [-0.05, 0) is 97.5 Å². The van der Waals surface area contributed by atoms with Gasteiger partial charge >= 0.3 is 12.2 Å². The molecule has 2 fully saturated rings. The number of H-pyrrole nitrogens is 2. The summed E-state index contributed by atoms with van der Waals surface area (Å²) in [5.41, 5.74) is 5.81. The number of hydrogen-bond acceptors (Lipinski definition) is 8. The highest BCUT2D eigenvalue weighted by Crippen LogP contribution is 2.36. The molecule has 2 saturated heterocycles. The molecule has 4 heterocycles. The summed E-state index contributed by atoms with van der Waals surface area (Å²) in [6, 6.07) is 28.3. The van der Waals surface area contributed by atoms with Gasteiger partial charge in [0, 0.05) is 18.7 Å². The topological polar surface area (TPSA) is 175 Å². The molecule has 0 radical (unpaired) electrons. The summed E-state index contributed by atoms with van der Waals surface area (Å²) in [5, 5.41) is 7.71. The molecule has 6 aromatic rings. The van der Waals surface area contributed by atoms with E-state index in [2.05, 4.69) is 81.3 Å². The Morgan fingerprint density at radius 2 is 1.20 bits per heavy atom. The Morgan fingerprint density at radius 3 is 1.78 bits per heavy atom. The molecular weight excluding hydrogens is 809 g/mol. The Kier molecular flexibility index (Phi) is 12.6. The molecule has 0 saturated carbocycles. The second kappa shape index (κ2) is 18.4. The largest absolute Gasteiger partial charge is 0.453 e. The number of rotatable bonds is 11. The van der Waals surface area contributed by atoms with Crippen LogP contribution in [0.15, 0.2) is 103 Å². The molecule has 14 nitrogen and oxygen atoms in total. The van der Waals surface area contributed by atoms with Crippen LogP contribution in [0.25, 0.3) is 44.4 Å². The first-order chi connectivity index (χ1) is 30.8. The van der Waals surface area contributed by atoms with Crippen LogP contribution in [0.5, 0.6) is 0 Å². The zero-order valence-corrected chi connectivity index (χ0v) is 37.2. The quantitative estimate of drug-likeness (QED) is 0.0997. The maximum Gasteiger partial charge on any atom is 0.408 e. The van der Waals surface area contributed by atoms with Gasteiger partial charge in [-0.1, -0.05) is 92.7 Å². The number of fused-ring (bicyclic) bond motifs is 1. The van der Waals surface area contributed by atoms with Crippen molar-refractivity contribution in [3.8, 4) is 33.6 Å². The fourth-order valence-electron chi connectivity index (χ4n) is 8.77. The Bertz CT molecular complexity index is 2630. The zero-order chi connectivity index (χ0) is 45.1. The molecule has 0 spiro atoms. The van der Waals surface area contributed by atoms with E-state index in [4.69, 9.17) is 19.4 Å². The fraction of sp³-hybridized carbons (Fsp3) is 0.360. The lowest BCUT2D eigenvalue weighted by molar-refractivity contribution is -0.136. The van der Waals surface area contributed by atoms with Gasteiger partial charge in [-0.15, -0.1) is 0 Å². The predicted octanol–water partition coefficient (Wildman–Crippen LogP) is 9.26. The van der Waals surface area contributed by atoms with Gasteiger partial charge in [0.15, 0.2) is 0 Å². The third kappa shape index (κ3) is 9.51. The standard InChI is InChI=1S/C50H56N8O6/c1-30(2)42(55-48(61)63-6)46(59)57-24-10-14-40(57)45-52-29-39(54-45)37-23-22-35-26-34(20-21-36(35)27-37)31-16-18-32(19-17-31)38-28-51-44(53-38)41-15-11-25-58(41)47(60)43(33-12-8-7-9-13-33)56-49(62)64-50(3,4)5/h7-9,12-13,16-23,26-30,40-43H,10-11,14-15,24-25H2,1-6H3,(H,51,53)(H,52,54)(H,55,61)(H,56,62)/t40-,41-,42?,43+/m0/s1. The Morgan fingerprint density at radius 1 is 0.672 bits per heavy atom. The summed E-state index contributed by atoms with van der Waals surface area (Å²) in [4.78, 5) is 72.7. The van der Waals surface area contributed by atoms with Gasteiger partial charge in [0.25, 0.3) is 5.91 Å². The first-order valence-electron chi connectivity index (χ1n) is 22.0. The van der Waals surface area contributed by atoms with E-state index in [9.17, 15) is 19.2 Å². The molecule has 2 aromatic heterocycles. The van der Waals surface area contributed by atoms with E-state index in [0.29, 0.717) is 24.5 Å². The molecule has 1 unspecified atom stereocenters. The van der Waals surface area contributed by atoms with Crippen LogP contribution in [-0.2, 0) is 19.1 Å². The van der Waals surface area contributed by atoms with Crippen LogP contribution in [-0.4, -0.2) is 85.6 Å². The highest BCUT2D eigenvalue weighted by molar-refractivity contribution is 5.91. The van der Waals surface area contributed by atoms with Crippen molar-refractivity contribution in [1.82, 2.24) is 40.4 Å². The number of carbonyl (C=O) groups is 4. The van der Waals surface area contributed by atoms with Gasteiger partial charge in [-0.25, -0.2) is 19.6 Å². The number of aromatic amines is 2. The molecule has 0 aliphatic carbocycles. The number of amides is 4. The maximum absolute atomic E-state index is 14.2. The molecule has 332 valence electrons. The number of carbonyl (C=O) groups excluding carboxylic acids is 4. The van der Waals surface area contributed by atoms with E-state index >= 15 is 0 Å². The molecule has 8 rings (SSSR count). The summed E-state index contributed by atoms with van der Waals surface area (Å²) in [5.74, 6) is 0.970. The predicted molar refractivity (Wildman–Crippen MR) is 245 cm³/mol. The van der Waals surface area contributed by atoms with Crippen molar-refractivity contribution >= 4 is 34.8 Å². The molecular formula is C50H56N8O6. The smallest absolute Gasteiger partial charge is 0.408 e. The lowest BCUT2D eigenvalue weighted by Crippen LogP contribution is -2.51. The summed E-state index contributed by atoms with van der Waals surface area (Å²) >= 11 is 0. The van der Waals surface area contributed by atoms with Crippen molar-refractivity contribution in [2.45, 2.75) is 90.1 Å². The van der Waals surface area contributed by atoms with Gasteiger partial charge in [-0.3, -0.25) is 9.59 Å². The number of aromatic nitrogens is 4. The third-order valence-corrected chi connectivity index (χ3v) is 12.0. The second-order valence-corrected chi connectivity index (χ2v) is 17.9. The normalized spacial score (nSPS) is 17.4. The van der Waals surface area contributed by atoms with Crippen LogP contribution in [0.3, 0.4) is 0 Å². The highest BCUT2D eigenvalue weighted by Gasteiger charge is 2.39. The molecule has 64 heavy (non-hydrogen) atoms. The van der Waals surface area contributed by atoms with E-state index in [1.807, 2.05) is 61.5 Å². The number of likely N-dealkylation sites (tertiary alicyclic amines) is 2. The SMILES string of the molecule is COC(=O)NC(C(=O)N1CCC[C@H]1c1ncc(-c2ccc3cc(-c4ccc(-c5cnc([C@@H]6CCCN6C(=O)[C@H](NC(=O)OC(C)(C)C)c6ccccc6)[nH]5)cc4)ccc3c2)[nH]1)C(C)C. The fourth-order valence-corrected chi connectivity index (χ4v) is 8.77. The molecule has 4 amide bonds. The molecule has 4 aromatic carbocycles. The average molecular weight is 865 g/mol. The highest BCUT2D eigenvalue weighted by atomic mass is 16.6. The number of imidazole rings is 2. The molecule has 4 N–H and O–H groups in total. The number of benzene rings is 4. The van der Waals surface area contributed by atoms with Gasteiger partial charge < -0.3 is 39.9 Å². The minimum atomic E-state index is -0.906. The first-order valence-corrected chi connectivity index (χ1v) is 22.0.